The first-order chi connectivity index (χ1) is 11.0. The third-order valence-corrected chi connectivity index (χ3v) is 4.72. The molecule has 5 nitrogen and oxygen atoms in total. The predicted molar refractivity (Wildman–Crippen MR) is 87.2 cm³/mol. The van der Waals surface area contributed by atoms with Crippen molar-refractivity contribution in [2.45, 2.75) is 44.9 Å². The van der Waals surface area contributed by atoms with Gasteiger partial charge in [0.15, 0.2) is 5.76 Å². The van der Waals surface area contributed by atoms with Crippen LogP contribution >= 0.6 is 0 Å². The first-order valence-electron chi connectivity index (χ1n) is 8.04. The zero-order valence-corrected chi connectivity index (χ0v) is 14.0. The van der Waals surface area contributed by atoms with E-state index >= 15 is 0 Å². The fourth-order valence-electron chi connectivity index (χ4n) is 3.46. The van der Waals surface area contributed by atoms with Crippen LogP contribution < -0.4 is 4.74 Å². The van der Waals surface area contributed by atoms with E-state index in [-0.39, 0.29) is 6.04 Å². The van der Waals surface area contributed by atoms with Crippen LogP contribution in [0.1, 0.15) is 36.8 Å². The van der Waals surface area contributed by atoms with Gasteiger partial charge in [0.05, 0.1) is 19.3 Å². The Morgan fingerprint density at radius 2 is 2.13 bits per heavy atom. The van der Waals surface area contributed by atoms with Crippen LogP contribution in [0.15, 0.2) is 34.9 Å². The fourth-order valence-corrected chi connectivity index (χ4v) is 3.46. The molecule has 0 spiro atoms. The first-order valence-corrected chi connectivity index (χ1v) is 8.04. The number of hydrogen-bond donors (Lipinski definition) is 1. The van der Waals surface area contributed by atoms with Gasteiger partial charge in [-0.2, -0.15) is 0 Å². The van der Waals surface area contributed by atoms with Gasteiger partial charge in [-0.15, -0.1) is 0 Å². The molecule has 2 atom stereocenters. The highest BCUT2D eigenvalue weighted by atomic mass is 16.5. The van der Waals surface area contributed by atoms with Crippen LogP contribution in [0.4, 0.5) is 0 Å². The average Bonchev–Trinajstić information content (AvgIpc) is 3.17. The second-order valence-electron chi connectivity index (χ2n) is 6.44. The van der Waals surface area contributed by atoms with Crippen LogP contribution in [0.3, 0.4) is 0 Å². The Morgan fingerprint density at radius 1 is 1.39 bits per heavy atom. The monoisotopic (exact) mass is 316 g/mol. The molecule has 0 radical (unpaired) electrons. The molecule has 23 heavy (non-hydrogen) atoms. The molecule has 1 aliphatic heterocycles. The summed E-state index contributed by atoms with van der Waals surface area (Å²) in [6.45, 7) is 5.44. The second-order valence-corrected chi connectivity index (χ2v) is 6.44. The van der Waals surface area contributed by atoms with Crippen LogP contribution in [0.25, 0.3) is 0 Å². The summed E-state index contributed by atoms with van der Waals surface area (Å²) in [6, 6.07) is 9.67. The van der Waals surface area contributed by atoms with Gasteiger partial charge in [-0.1, -0.05) is 17.3 Å². The lowest BCUT2D eigenvalue weighted by Crippen LogP contribution is -2.45. The van der Waals surface area contributed by atoms with E-state index in [2.05, 4.69) is 10.1 Å². The Morgan fingerprint density at radius 3 is 2.74 bits per heavy atom. The quantitative estimate of drug-likeness (QED) is 0.919. The third-order valence-electron chi connectivity index (χ3n) is 4.72. The summed E-state index contributed by atoms with van der Waals surface area (Å²) < 4.78 is 10.5. The summed E-state index contributed by atoms with van der Waals surface area (Å²) in [6.07, 6.45) is 2.04. The molecule has 1 saturated heterocycles. The van der Waals surface area contributed by atoms with Crippen molar-refractivity contribution in [1.82, 2.24) is 10.1 Å². The number of likely N-dealkylation sites (tertiary alicyclic amines) is 1. The van der Waals surface area contributed by atoms with Crippen molar-refractivity contribution in [3.05, 3.63) is 47.3 Å². The highest BCUT2D eigenvalue weighted by Gasteiger charge is 2.40. The van der Waals surface area contributed by atoms with Crippen molar-refractivity contribution in [2.75, 3.05) is 13.7 Å². The van der Waals surface area contributed by atoms with Crippen molar-refractivity contribution in [3.8, 4) is 5.75 Å². The minimum Gasteiger partial charge on any atom is -0.497 e. The molecule has 1 N–H and O–H groups in total. The van der Waals surface area contributed by atoms with Gasteiger partial charge in [0.2, 0.25) is 0 Å². The van der Waals surface area contributed by atoms with Gasteiger partial charge >= 0.3 is 0 Å². The van der Waals surface area contributed by atoms with Crippen LogP contribution in [-0.4, -0.2) is 34.9 Å². The largest absolute Gasteiger partial charge is 0.497 e. The lowest BCUT2D eigenvalue weighted by molar-refractivity contribution is -0.0274. The molecule has 1 aliphatic rings. The molecule has 2 heterocycles. The molecule has 0 amide bonds. The maximum absolute atomic E-state index is 11.2. The number of rotatable bonds is 5. The van der Waals surface area contributed by atoms with E-state index in [4.69, 9.17) is 9.26 Å². The summed E-state index contributed by atoms with van der Waals surface area (Å²) in [5, 5.41) is 15.1. The normalized spacial score (nSPS) is 21.3. The zero-order chi connectivity index (χ0) is 16.4. The Labute approximate surface area is 136 Å². The summed E-state index contributed by atoms with van der Waals surface area (Å²) in [4.78, 5) is 2.28. The van der Waals surface area contributed by atoms with Crippen molar-refractivity contribution in [2.24, 2.45) is 0 Å². The standard InChI is InChI=1S/C18H24N2O3/c1-13-11-16(23-19-13)12-20-10-4-5-17(20)18(2,21)14-6-8-15(22-3)9-7-14/h6-9,11,17,21H,4-5,10,12H2,1-3H3. The van der Waals surface area contributed by atoms with Gasteiger partial charge in [0.1, 0.15) is 11.4 Å². The maximum Gasteiger partial charge on any atom is 0.150 e. The van der Waals surface area contributed by atoms with Crippen LogP contribution in [-0.2, 0) is 12.1 Å². The first kappa shape index (κ1) is 16.0. The molecule has 0 bridgehead atoms. The summed E-state index contributed by atoms with van der Waals surface area (Å²) in [5.74, 6) is 1.64. The topological polar surface area (TPSA) is 58.7 Å². The predicted octanol–water partition coefficient (Wildman–Crippen LogP) is 2.86. The van der Waals surface area contributed by atoms with Gasteiger partial charge in [0.25, 0.3) is 0 Å². The lowest BCUT2D eigenvalue weighted by atomic mass is 9.86. The molecule has 3 rings (SSSR count). The van der Waals surface area contributed by atoms with Gasteiger partial charge in [-0.3, -0.25) is 4.90 Å². The van der Waals surface area contributed by atoms with Gasteiger partial charge in [-0.25, -0.2) is 0 Å². The number of hydrogen-bond acceptors (Lipinski definition) is 5. The number of nitrogens with zero attached hydrogens (tertiary/aromatic N) is 2. The number of methoxy groups -OCH3 is 1. The average molecular weight is 316 g/mol. The number of aromatic nitrogens is 1. The third kappa shape index (κ3) is 3.26. The van der Waals surface area contributed by atoms with Crippen LogP contribution in [0, 0.1) is 6.92 Å². The van der Waals surface area contributed by atoms with E-state index in [1.165, 1.54) is 0 Å². The van der Waals surface area contributed by atoms with Gasteiger partial charge in [-0.05, 0) is 50.9 Å². The van der Waals surface area contributed by atoms with Crippen LogP contribution in [0.2, 0.25) is 0 Å². The van der Waals surface area contributed by atoms with Crippen molar-refractivity contribution >= 4 is 0 Å². The van der Waals surface area contributed by atoms with Crippen molar-refractivity contribution < 1.29 is 14.4 Å². The molecule has 1 aromatic heterocycles. The lowest BCUT2D eigenvalue weighted by Gasteiger charge is -2.36. The van der Waals surface area contributed by atoms with E-state index in [1.54, 1.807) is 7.11 Å². The number of aryl methyl sites for hydroxylation is 1. The minimum atomic E-state index is -0.919. The molecule has 5 heteroatoms. The molecule has 2 aromatic rings. The van der Waals surface area contributed by atoms with E-state index in [1.807, 2.05) is 44.2 Å². The number of aliphatic hydroxyl groups is 1. The molecule has 0 aliphatic carbocycles. The number of ether oxygens (including phenoxy) is 1. The Bertz CT molecular complexity index is 649. The molecule has 1 aromatic carbocycles. The molecular weight excluding hydrogens is 292 g/mol. The van der Waals surface area contributed by atoms with Crippen molar-refractivity contribution in [3.63, 3.8) is 0 Å². The molecule has 124 valence electrons. The zero-order valence-electron chi connectivity index (χ0n) is 14.0. The summed E-state index contributed by atoms with van der Waals surface area (Å²) in [7, 11) is 1.64. The summed E-state index contributed by atoms with van der Waals surface area (Å²) >= 11 is 0. The fraction of sp³-hybridized carbons (Fsp3) is 0.500. The number of benzene rings is 1. The SMILES string of the molecule is COc1ccc(C(C)(O)C2CCCN2Cc2cc(C)no2)cc1. The maximum atomic E-state index is 11.2. The Kier molecular flexibility index (Phi) is 4.41. The smallest absolute Gasteiger partial charge is 0.150 e. The molecule has 0 saturated carbocycles. The Balaban J connectivity index is 1.79. The van der Waals surface area contributed by atoms with E-state index in [9.17, 15) is 5.11 Å². The van der Waals surface area contributed by atoms with Crippen molar-refractivity contribution in [1.29, 1.82) is 0 Å². The van der Waals surface area contributed by atoms with Crippen LogP contribution in [0.5, 0.6) is 5.75 Å². The highest BCUT2D eigenvalue weighted by Crippen LogP contribution is 2.36. The van der Waals surface area contributed by atoms with Gasteiger partial charge in [0, 0.05) is 12.1 Å². The van der Waals surface area contributed by atoms with Gasteiger partial charge < -0.3 is 14.4 Å². The molecule has 2 unspecified atom stereocenters. The minimum absolute atomic E-state index is 0.0568. The molecular formula is C18H24N2O3. The summed E-state index contributed by atoms with van der Waals surface area (Å²) in [5.41, 5.74) is 0.874. The van der Waals surface area contributed by atoms with E-state index in [0.29, 0.717) is 6.54 Å². The van der Waals surface area contributed by atoms with E-state index in [0.717, 1.165) is 42.2 Å². The second kappa shape index (κ2) is 6.34. The molecule has 1 fully saturated rings. The van der Waals surface area contributed by atoms with E-state index < -0.39 is 5.60 Å². The highest BCUT2D eigenvalue weighted by molar-refractivity contribution is 5.31. The Hall–Kier alpha value is -1.85.